The van der Waals surface area contributed by atoms with Gasteiger partial charge in [0.15, 0.2) is 6.10 Å². The molecule has 3 rings (SSSR count). The predicted octanol–water partition coefficient (Wildman–Crippen LogP) is 2.85. The van der Waals surface area contributed by atoms with Gasteiger partial charge in [0, 0.05) is 13.5 Å². The van der Waals surface area contributed by atoms with Crippen molar-refractivity contribution in [3.05, 3.63) is 59.0 Å². The Bertz CT molecular complexity index is 841. The molecule has 0 aliphatic carbocycles. The van der Waals surface area contributed by atoms with Crippen LogP contribution in [0.15, 0.2) is 46.0 Å². The summed E-state index contributed by atoms with van der Waals surface area (Å²) in [4.78, 5) is 31.1. The first-order valence-electron chi connectivity index (χ1n) is 8.20. The van der Waals surface area contributed by atoms with E-state index in [1.54, 1.807) is 20.0 Å². The van der Waals surface area contributed by atoms with Crippen molar-refractivity contribution in [2.24, 2.45) is 5.16 Å². The van der Waals surface area contributed by atoms with E-state index in [-0.39, 0.29) is 18.6 Å². The average Bonchev–Trinajstić information content (AvgIpc) is 3.28. The lowest BCUT2D eigenvalue weighted by molar-refractivity contribution is -0.123. The van der Waals surface area contributed by atoms with Crippen LogP contribution >= 0.6 is 0 Å². The highest BCUT2D eigenvalue weighted by molar-refractivity contribution is 6.38. The summed E-state index contributed by atoms with van der Waals surface area (Å²) in [5.74, 6) is 0.249. The molecule has 7 nitrogen and oxygen atoms in total. The highest BCUT2D eigenvalue weighted by Crippen LogP contribution is 2.27. The van der Waals surface area contributed by atoms with Crippen molar-refractivity contribution >= 4 is 17.6 Å². The van der Waals surface area contributed by atoms with Gasteiger partial charge < -0.3 is 18.9 Å². The van der Waals surface area contributed by atoms with E-state index in [9.17, 15) is 9.59 Å². The first kappa shape index (κ1) is 17.7. The molecule has 0 saturated heterocycles. The van der Waals surface area contributed by atoms with Gasteiger partial charge in [-0.25, -0.2) is 4.79 Å². The number of hydrogen-bond acceptors (Lipinski definition) is 6. The van der Waals surface area contributed by atoms with Crippen molar-refractivity contribution in [3.8, 4) is 0 Å². The van der Waals surface area contributed by atoms with Crippen molar-refractivity contribution in [1.29, 1.82) is 0 Å². The Morgan fingerprint density at radius 2 is 2.04 bits per heavy atom. The lowest BCUT2D eigenvalue weighted by Crippen LogP contribution is -2.32. The molecule has 1 aromatic carbocycles. The summed E-state index contributed by atoms with van der Waals surface area (Å²) in [7, 11) is 2.96. The largest absolute Gasteiger partial charge is 0.465 e. The number of benzene rings is 1. The zero-order valence-corrected chi connectivity index (χ0v) is 14.9. The summed E-state index contributed by atoms with van der Waals surface area (Å²) >= 11 is 0. The Morgan fingerprint density at radius 1 is 1.31 bits per heavy atom. The fourth-order valence-electron chi connectivity index (χ4n) is 2.81. The lowest BCUT2D eigenvalue weighted by atomic mass is 10.0. The third kappa shape index (κ3) is 3.61. The van der Waals surface area contributed by atoms with Gasteiger partial charge in [0.2, 0.25) is 0 Å². The first-order chi connectivity index (χ1) is 12.5. The number of carbonyl (C=O) groups excluding carboxylic acids is 2. The molecule has 7 heteroatoms. The number of hydrogen-bond donors (Lipinski definition) is 0. The van der Waals surface area contributed by atoms with Gasteiger partial charge in [0.05, 0.1) is 13.7 Å². The van der Waals surface area contributed by atoms with E-state index in [4.69, 9.17) is 14.0 Å². The Kier molecular flexibility index (Phi) is 5.06. The number of oxime groups is 1. The second-order valence-corrected chi connectivity index (χ2v) is 6.08. The Hall–Kier alpha value is -3.09. The highest BCUT2D eigenvalue weighted by Gasteiger charge is 2.29. The molecule has 1 aliphatic heterocycles. The normalized spacial score (nSPS) is 16.0. The number of furan rings is 1. The Labute approximate surface area is 151 Å². The molecule has 2 aromatic rings. The van der Waals surface area contributed by atoms with Gasteiger partial charge in [-0.2, -0.15) is 0 Å². The van der Waals surface area contributed by atoms with Crippen molar-refractivity contribution < 1.29 is 23.6 Å². The second-order valence-electron chi connectivity index (χ2n) is 6.08. The van der Waals surface area contributed by atoms with Gasteiger partial charge in [0.1, 0.15) is 22.8 Å². The minimum absolute atomic E-state index is 0.214. The van der Waals surface area contributed by atoms with E-state index in [1.807, 2.05) is 30.3 Å². The molecule has 0 bridgehead atoms. The molecular formula is C19H20N2O5. The summed E-state index contributed by atoms with van der Waals surface area (Å²) < 4.78 is 10.2. The topological polar surface area (TPSA) is 81.3 Å². The molecule has 1 aliphatic rings. The zero-order valence-electron chi connectivity index (χ0n) is 14.9. The van der Waals surface area contributed by atoms with Gasteiger partial charge in [-0.15, -0.1) is 0 Å². The first-order valence-corrected chi connectivity index (χ1v) is 8.20. The molecule has 0 fully saturated rings. The zero-order chi connectivity index (χ0) is 18.7. The maximum absolute atomic E-state index is 12.6. The third-order valence-corrected chi connectivity index (χ3v) is 4.20. The van der Waals surface area contributed by atoms with Crippen LogP contribution < -0.4 is 0 Å². The summed E-state index contributed by atoms with van der Waals surface area (Å²) in [6.07, 6.45) is 0.165. The number of methoxy groups -OCH3 is 1. The van der Waals surface area contributed by atoms with E-state index >= 15 is 0 Å². The van der Waals surface area contributed by atoms with Gasteiger partial charge >= 0.3 is 5.97 Å². The van der Waals surface area contributed by atoms with E-state index in [2.05, 4.69) is 5.16 Å². The standard InChI is InChI=1S/C19H20N2O5/c1-12-15(19(23)24-3)9-14(25-12)11-21(2)18(22)16-10-17(26-20-16)13-7-5-4-6-8-13/h4-9,17H,10-11H2,1-3H3. The van der Waals surface area contributed by atoms with Crippen LogP contribution in [0.4, 0.5) is 0 Å². The summed E-state index contributed by atoms with van der Waals surface area (Å²) in [6, 6.07) is 11.2. The summed E-state index contributed by atoms with van der Waals surface area (Å²) in [5.41, 5.74) is 1.69. The van der Waals surface area contributed by atoms with Crippen LogP contribution in [-0.2, 0) is 20.9 Å². The third-order valence-electron chi connectivity index (χ3n) is 4.20. The molecule has 136 valence electrons. The number of carbonyl (C=O) groups is 2. The van der Waals surface area contributed by atoms with E-state index < -0.39 is 5.97 Å². The van der Waals surface area contributed by atoms with Crippen LogP contribution in [-0.4, -0.2) is 36.6 Å². The summed E-state index contributed by atoms with van der Waals surface area (Å²) in [6.45, 7) is 1.89. The molecule has 0 saturated carbocycles. The SMILES string of the molecule is COC(=O)c1cc(CN(C)C(=O)C2=NOC(c3ccccc3)C2)oc1C. The van der Waals surface area contributed by atoms with Gasteiger partial charge in [0.25, 0.3) is 5.91 Å². The highest BCUT2D eigenvalue weighted by atomic mass is 16.6. The molecule has 26 heavy (non-hydrogen) atoms. The number of rotatable bonds is 5. The van der Waals surface area contributed by atoms with Gasteiger partial charge in [-0.1, -0.05) is 35.5 Å². The maximum atomic E-state index is 12.6. The molecule has 1 unspecified atom stereocenters. The Morgan fingerprint density at radius 3 is 2.73 bits per heavy atom. The van der Waals surface area contributed by atoms with E-state index in [1.165, 1.54) is 12.0 Å². The molecule has 1 aromatic heterocycles. The van der Waals surface area contributed by atoms with E-state index in [0.29, 0.717) is 29.2 Å². The molecule has 0 radical (unpaired) electrons. The smallest absolute Gasteiger partial charge is 0.341 e. The quantitative estimate of drug-likeness (QED) is 0.770. The van der Waals surface area contributed by atoms with Crippen molar-refractivity contribution in [3.63, 3.8) is 0 Å². The molecule has 1 amide bonds. The molecular weight excluding hydrogens is 336 g/mol. The van der Waals surface area contributed by atoms with Crippen LogP contribution in [0.2, 0.25) is 0 Å². The van der Waals surface area contributed by atoms with Crippen molar-refractivity contribution in [1.82, 2.24) is 4.90 Å². The van der Waals surface area contributed by atoms with E-state index in [0.717, 1.165) is 5.56 Å². The predicted molar refractivity (Wildman–Crippen MR) is 93.6 cm³/mol. The molecule has 2 heterocycles. The minimum Gasteiger partial charge on any atom is -0.465 e. The lowest BCUT2D eigenvalue weighted by Gasteiger charge is -2.15. The minimum atomic E-state index is -0.467. The van der Waals surface area contributed by atoms with Crippen molar-refractivity contribution in [2.75, 3.05) is 14.2 Å². The number of esters is 1. The van der Waals surface area contributed by atoms with Crippen LogP contribution in [0.25, 0.3) is 0 Å². The molecule has 0 spiro atoms. The van der Waals surface area contributed by atoms with Crippen molar-refractivity contribution in [2.45, 2.75) is 26.0 Å². The van der Waals surface area contributed by atoms with Gasteiger partial charge in [-0.05, 0) is 18.6 Å². The molecule has 0 N–H and O–H groups in total. The number of nitrogens with zero attached hydrogens (tertiary/aromatic N) is 2. The monoisotopic (exact) mass is 356 g/mol. The van der Waals surface area contributed by atoms with Crippen LogP contribution in [0.5, 0.6) is 0 Å². The fourth-order valence-corrected chi connectivity index (χ4v) is 2.81. The van der Waals surface area contributed by atoms with Crippen LogP contribution in [0, 0.1) is 6.92 Å². The number of amides is 1. The number of ether oxygens (including phenoxy) is 1. The fraction of sp³-hybridized carbons (Fsp3) is 0.316. The van der Waals surface area contributed by atoms with Gasteiger partial charge in [-0.3, -0.25) is 4.79 Å². The molecule has 1 atom stereocenters. The Balaban J connectivity index is 1.63. The van der Waals surface area contributed by atoms with Crippen LogP contribution in [0.1, 0.15) is 40.0 Å². The second kappa shape index (κ2) is 7.43. The number of aryl methyl sites for hydroxylation is 1. The maximum Gasteiger partial charge on any atom is 0.341 e. The van der Waals surface area contributed by atoms with Crippen LogP contribution in [0.3, 0.4) is 0 Å². The summed E-state index contributed by atoms with van der Waals surface area (Å²) in [5, 5.41) is 3.94. The average molecular weight is 356 g/mol.